The molecule has 0 bridgehead atoms. The second-order valence-corrected chi connectivity index (χ2v) is 17.5. The van der Waals surface area contributed by atoms with Gasteiger partial charge in [-0.3, -0.25) is 0 Å². The zero-order valence-electron chi connectivity index (χ0n) is 30.6. The van der Waals surface area contributed by atoms with Gasteiger partial charge in [0.2, 0.25) is 0 Å². The van der Waals surface area contributed by atoms with Crippen LogP contribution in [-0.4, -0.2) is 162 Å². The van der Waals surface area contributed by atoms with E-state index in [0.717, 1.165) is 67.6 Å². The molecule has 0 aliphatic carbocycles. The first-order valence-electron chi connectivity index (χ1n) is 16.5. The normalized spacial score (nSPS) is 13.7. The number of rotatable bonds is 20. The van der Waals surface area contributed by atoms with Gasteiger partial charge in [0.15, 0.2) is 0 Å². The van der Waals surface area contributed by atoms with E-state index in [4.69, 9.17) is 5.32 Å². The first-order chi connectivity index (χ1) is 18.9. The molecule has 0 saturated carbocycles. The average Bonchev–Trinajstić information content (AvgIpc) is 2.91. The molecular formula is C32H76AlInN6. The van der Waals surface area contributed by atoms with Gasteiger partial charge < -0.3 is 30.2 Å². The van der Waals surface area contributed by atoms with Crippen molar-refractivity contribution in [2.45, 2.75) is 126 Å². The Morgan fingerprint density at radius 2 is 0.775 bits per heavy atom. The molecule has 0 spiro atoms. The number of hydrogen-bond acceptors (Lipinski definition) is 4. The summed E-state index contributed by atoms with van der Waals surface area (Å²) in [5.41, 5.74) is 0. The van der Waals surface area contributed by atoms with Gasteiger partial charge >= 0.3 is 84.7 Å². The zero-order chi connectivity index (χ0) is 31.9. The Morgan fingerprint density at radius 1 is 0.525 bits per heavy atom. The van der Waals surface area contributed by atoms with Crippen molar-refractivity contribution >= 4 is 38.1 Å². The molecule has 0 radical (unpaired) electrons. The molecule has 0 rings (SSSR count). The van der Waals surface area contributed by atoms with Crippen molar-refractivity contribution in [3.05, 3.63) is 10.6 Å². The first-order valence-corrected chi connectivity index (χ1v) is 23.5. The molecular weight excluding hydrogens is 610 g/mol. The Morgan fingerprint density at radius 3 is 0.975 bits per heavy atom. The molecule has 0 amide bonds. The van der Waals surface area contributed by atoms with Crippen LogP contribution < -0.4 is 0 Å². The predicted molar refractivity (Wildman–Crippen MR) is 191 cm³/mol. The molecule has 0 saturated heterocycles. The van der Waals surface area contributed by atoms with Gasteiger partial charge in [0.25, 0.3) is 0 Å². The summed E-state index contributed by atoms with van der Waals surface area (Å²) in [6.07, 6.45) is 2.89. The molecule has 0 N–H and O–H groups in total. The van der Waals surface area contributed by atoms with Gasteiger partial charge in [0.05, 0.1) is 0 Å². The molecule has 240 valence electrons. The van der Waals surface area contributed by atoms with Crippen LogP contribution in [0, 0.1) is 0 Å². The minimum absolute atomic E-state index is 0.0336. The Labute approximate surface area is 273 Å². The third kappa shape index (κ3) is 33.7. The monoisotopic (exact) mass is 686 g/mol. The summed E-state index contributed by atoms with van der Waals surface area (Å²) in [5, 5.41) is 9.25. The molecule has 4 atom stereocenters. The molecule has 0 aliphatic rings. The third-order valence-electron chi connectivity index (χ3n) is 7.19. The summed E-state index contributed by atoms with van der Waals surface area (Å²) in [6, 6.07) is 2.26. The minimum atomic E-state index is 0.0336. The van der Waals surface area contributed by atoms with Crippen LogP contribution in [0.15, 0.2) is 0 Å². The Hall–Kier alpha value is 1.16. The van der Waals surface area contributed by atoms with Crippen molar-refractivity contribution in [2.24, 2.45) is 0 Å². The van der Waals surface area contributed by atoms with Gasteiger partial charge in [-0.1, -0.05) is 55.4 Å². The average molecular weight is 687 g/mol. The van der Waals surface area contributed by atoms with Crippen molar-refractivity contribution < 1.29 is 0 Å². The van der Waals surface area contributed by atoms with Crippen LogP contribution in [0.2, 0.25) is 19.9 Å². The van der Waals surface area contributed by atoms with E-state index in [2.05, 4.69) is 134 Å². The molecule has 0 aromatic carbocycles. The van der Waals surface area contributed by atoms with Gasteiger partial charge in [-0.15, -0.1) is 26.2 Å². The van der Waals surface area contributed by atoms with E-state index in [-0.39, 0.29) is 22.9 Å². The summed E-state index contributed by atoms with van der Waals surface area (Å²) < 4.78 is 3.23. The first kappa shape index (κ1) is 48.1. The fourth-order valence-electron chi connectivity index (χ4n) is 3.70. The van der Waals surface area contributed by atoms with E-state index in [0.29, 0.717) is 24.2 Å². The van der Waals surface area contributed by atoms with Gasteiger partial charge in [-0.2, -0.15) is 0 Å². The van der Waals surface area contributed by atoms with Crippen molar-refractivity contribution in [3.63, 3.8) is 0 Å². The molecule has 6 nitrogen and oxygen atoms in total. The Bertz CT molecular complexity index is 415. The quantitative estimate of drug-likeness (QED) is 0.100. The van der Waals surface area contributed by atoms with Crippen molar-refractivity contribution in [1.29, 1.82) is 0 Å². The van der Waals surface area contributed by atoms with Gasteiger partial charge in [0, 0.05) is 0 Å². The topological polar surface area (TPSA) is 41.2 Å². The van der Waals surface area contributed by atoms with E-state index in [1.54, 1.807) is 8.35 Å². The van der Waals surface area contributed by atoms with Crippen LogP contribution in [-0.2, 0) is 0 Å². The molecule has 0 aliphatic heterocycles. The molecule has 0 heterocycles. The van der Waals surface area contributed by atoms with Crippen molar-refractivity contribution in [2.75, 3.05) is 80.5 Å². The molecule has 40 heavy (non-hydrogen) atoms. The van der Waals surface area contributed by atoms with Gasteiger partial charge in [-0.05, 0) is 78.5 Å². The summed E-state index contributed by atoms with van der Waals surface area (Å²) in [4.78, 5) is 9.32. The summed E-state index contributed by atoms with van der Waals surface area (Å²) in [6.45, 7) is 30.7. The fraction of sp³-hybridized carbons (Fsp3) is 1.00. The van der Waals surface area contributed by atoms with E-state index >= 15 is 0 Å². The summed E-state index contributed by atoms with van der Waals surface area (Å²) in [7, 11) is 8.37. The second kappa shape index (κ2) is 36.4. The number of hydrogen-bond donors (Lipinski definition) is 0. The van der Waals surface area contributed by atoms with Crippen LogP contribution in [0.3, 0.4) is 0 Å². The van der Waals surface area contributed by atoms with Crippen LogP contribution in [0.25, 0.3) is 10.6 Å². The summed E-state index contributed by atoms with van der Waals surface area (Å²) >= 11 is 0.784. The second-order valence-electron chi connectivity index (χ2n) is 11.4. The van der Waals surface area contributed by atoms with E-state index in [9.17, 15) is 0 Å². The maximum absolute atomic E-state index is 4.72. The number of nitrogens with zero attached hydrogens (tertiary/aromatic N) is 6. The van der Waals surface area contributed by atoms with E-state index < -0.39 is 0 Å². The Kier molecular flexibility index (Phi) is 43.7. The van der Waals surface area contributed by atoms with E-state index in [1.165, 1.54) is 12.8 Å². The predicted octanol–water partition coefficient (Wildman–Crippen LogP) is 7.22. The number of likely N-dealkylation sites (N-methyl/N-ethyl adjacent to an activating group) is 4. The van der Waals surface area contributed by atoms with E-state index in [1.807, 2.05) is 0 Å². The molecule has 8 heteroatoms. The van der Waals surface area contributed by atoms with Crippen LogP contribution in [0.4, 0.5) is 0 Å². The van der Waals surface area contributed by atoms with Crippen LogP contribution >= 0.6 is 0 Å². The Balaban J connectivity index is -0.000000248. The fourth-order valence-corrected chi connectivity index (χ4v) is 6.85. The van der Waals surface area contributed by atoms with Crippen LogP contribution in [0.1, 0.15) is 82.1 Å². The molecule has 4 unspecified atom stereocenters. The SMILES string of the molecule is CC(C[N-]CC(C)N(C)C)N(C)C.CCN(CC)C(C)C[N-]CC(C)N(CC)CC.CC[CH2][In+][CH2]CC.[CH3][Al+][CH3]. The van der Waals surface area contributed by atoms with Crippen LogP contribution in [0.5, 0.6) is 0 Å². The standard InChI is InChI=1S/C14H32N3.C10H24N3.2C3H7.2CH3.Al.In/c1-7-16(8-2)13(5)11-15-12-14(6)17(9-3)10-4;1-9(12(3)4)7-11-8-10(2)13(5)6;2*1-3-2;;;;/h13-14H,7-12H2,1-6H3;9-10H,7-8H2,1-6H3;2*1,3H2,2H3;2*1H3;;/q2*-1;;;;;2*+1. The molecule has 0 aromatic rings. The van der Waals surface area contributed by atoms with Crippen molar-refractivity contribution in [1.82, 2.24) is 19.6 Å². The third-order valence-corrected chi connectivity index (χ3v) is 12.8. The zero-order valence-corrected chi connectivity index (χ0v) is 35.1. The molecule has 0 aromatic heterocycles. The van der Waals surface area contributed by atoms with Gasteiger partial charge in [0.1, 0.15) is 0 Å². The van der Waals surface area contributed by atoms with Gasteiger partial charge in [-0.25, -0.2) is 0 Å². The maximum atomic E-state index is 4.72. The van der Waals surface area contributed by atoms with Crippen molar-refractivity contribution in [3.8, 4) is 0 Å². The summed E-state index contributed by atoms with van der Waals surface area (Å²) in [5.74, 6) is 4.42. The molecule has 0 fully saturated rings.